The largest absolute Gasteiger partial charge is 0.488 e. The molecule has 1 aliphatic rings. The van der Waals surface area contributed by atoms with E-state index in [1.54, 1.807) is 6.07 Å². The molecule has 0 saturated carbocycles. The van der Waals surface area contributed by atoms with Crippen molar-refractivity contribution in [2.75, 3.05) is 13.2 Å². The number of carbonyl (C=O) groups is 1. The van der Waals surface area contributed by atoms with Crippen molar-refractivity contribution in [1.29, 1.82) is 0 Å². The van der Waals surface area contributed by atoms with E-state index in [-0.39, 0.29) is 13.2 Å². The van der Waals surface area contributed by atoms with Crippen molar-refractivity contribution < 1.29 is 19.4 Å². The minimum atomic E-state index is -0.397. The first-order valence-electron chi connectivity index (χ1n) is 5.92. The Kier molecular flexibility index (Phi) is 3.23. The summed E-state index contributed by atoms with van der Waals surface area (Å²) in [5.41, 5.74) is 2.01. The number of thiophene rings is 1. The standard InChI is InChI=1S/C14H12O4S/c15-5-6-17-14(16)12-7-9-8-18-11-4-2-1-3-10(11)13(9)19-12/h1-4,7,15H,5-6,8H2. The molecular formula is C14H12O4S. The van der Waals surface area contributed by atoms with Gasteiger partial charge in [-0.15, -0.1) is 11.3 Å². The lowest BCUT2D eigenvalue weighted by Crippen LogP contribution is -2.07. The number of rotatable bonds is 3. The SMILES string of the molecule is O=C(OCCO)c1cc2c(s1)-c1ccccc1OC2. The summed E-state index contributed by atoms with van der Waals surface area (Å²) in [6.07, 6.45) is 0. The zero-order valence-electron chi connectivity index (χ0n) is 10.1. The van der Waals surface area contributed by atoms with Gasteiger partial charge in [0.1, 0.15) is 23.8 Å². The molecular weight excluding hydrogens is 264 g/mol. The number of hydrogen-bond donors (Lipinski definition) is 1. The van der Waals surface area contributed by atoms with Crippen LogP contribution in [0.4, 0.5) is 0 Å². The van der Waals surface area contributed by atoms with Crippen LogP contribution in [0.15, 0.2) is 30.3 Å². The van der Waals surface area contributed by atoms with E-state index in [0.29, 0.717) is 11.5 Å². The molecule has 19 heavy (non-hydrogen) atoms. The molecule has 1 aromatic carbocycles. The van der Waals surface area contributed by atoms with Gasteiger partial charge >= 0.3 is 5.97 Å². The van der Waals surface area contributed by atoms with Crippen molar-refractivity contribution >= 4 is 17.3 Å². The average molecular weight is 276 g/mol. The highest BCUT2D eigenvalue weighted by Crippen LogP contribution is 2.42. The number of para-hydroxylation sites is 1. The van der Waals surface area contributed by atoms with Gasteiger partial charge in [-0.1, -0.05) is 12.1 Å². The van der Waals surface area contributed by atoms with E-state index in [1.807, 2.05) is 24.3 Å². The Hall–Kier alpha value is -1.85. The molecule has 1 aliphatic heterocycles. The van der Waals surface area contributed by atoms with Crippen LogP contribution in [-0.4, -0.2) is 24.3 Å². The maximum Gasteiger partial charge on any atom is 0.348 e. The lowest BCUT2D eigenvalue weighted by molar-refractivity contribution is 0.0439. The summed E-state index contributed by atoms with van der Waals surface area (Å²) in [6, 6.07) is 9.57. The topological polar surface area (TPSA) is 55.8 Å². The quantitative estimate of drug-likeness (QED) is 0.875. The Balaban J connectivity index is 1.94. The molecule has 1 aromatic heterocycles. The van der Waals surface area contributed by atoms with Gasteiger partial charge < -0.3 is 14.6 Å². The van der Waals surface area contributed by atoms with Gasteiger partial charge in [-0.25, -0.2) is 4.79 Å². The van der Waals surface area contributed by atoms with E-state index in [1.165, 1.54) is 11.3 Å². The summed E-state index contributed by atoms with van der Waals surface area (Å²) in [5, 5.41) is 8.66. The van der Waals surface area contributed by atoms with Crippen LogP contribution in [-0.2, 0) is 11.3 Å². The molecule has 0 amide bonds. The van der Waals surface area contributed by atoms with E-state index < -0.39 is 5.97 Å². The number of hydrogen-bond acceptors (Lipinski definition) is 5. The zero-order chi connectivity index (χ0) is 13.2. The van der Waals surface area contributed by atoms with Gasteiger partial charge in [0.2, 0.25) is 0 Å². The third kappa shape index (κ3) is 2.22. The summed E-state index contributed by atoms with van der Waals surface area (Å²) in [7, 11) is 0. The molecule has 0 bridgehead atoms. The molecule has 0 unspecified atom stereocenters. The average Bonchev–Trinajstić information content (AvgIpc) is 2.89. The molecule has 0 aliphatic carbocycles. The molecule has 0 radical (unpaired) electrons. The number of carbonyl (C=O) groups excluding carboxylic acids is 1. The van der Waals surface area contributed by atoms with E-state index >= 15 is 0 Å². The summed E-state index contributed by atoms with van der Waals surface area (Å²) in [4.78, 5) is 13.4. The molecule has 0 spiro atoms. The second kappa shape index (κ2) is 5.03. The molecule has 0 saturated heterocycles. The number of aliphatic hydroxyl groups is 1. The first kappa shape index (κ1) is 12.2. The fraction of sp³-hybridized carbons (Fsp3) is 0.214. The fourth-order valence-corrected chi connectivity index (χ4v) is 3.10. The lowest BCUT2D eigenvalue weighted by Gasteiger charge is -2.16. The summed E-state index contributed by atoms with van der Waals surface area (Å²) in [6.45, 7) is 0.327. The van der Waals surface area contributed by atoms with Crippen molar-refractivity contribution in [3.8, 4) is 16.2 Å². The second-order valence-electron chi connectivity index (χ2n) is 4.11. The second-order valence-corrected chi connectivity index (χ2v) is 5.16. The van der Waals surface area contributed by atoms with Gasteiger partial charge in [0, 0.05) is 16.0 Å². The molecule has 2 aromatic rings. The van der Waals surface area contributed by atoms with E-state index in [4.69, 9.17) is 14.6 Å². The smallest absolute Gasteiger partial charge is 0.348 e. The van der Waals surface area contributed by atoms with Crippen LogP contribution in [0.3, 0.4) is 0 Å². The lowest BCUT2D eigenvalue weighted by atomic mass is 10.1. The van der Waals surface area contributed by atoms with Crippen LogP contribution in [0.2, 0.25) is 0 Å². The van der Waals surface area contributed by atoms with Crippen molar-refractivity contribution in [3.05, 3.63) is 40.8 Å². The Morgan fingerprint density at radius 2 is 2.26 bits per heavy atom. The van der Waals surface area contributed by atoms with Crippen molar-refractivity contribution in [1.82, 2.24) is 0 Å². The molecule has 5 heteroatoms. The molecule has 3 rings (SSSR count). The van der Waals surface area contributed by atoms with Gasteiger partial charge in [0.25, 0.3) is 0 Å². The summed E-state index contributed by atoms with van der Waals surface area (Å²) in [5.74, 6) is 0.443. The number of esters is 1. The fourth-order valence-electron chi connectivity index (χ4n) is 2.01. The Labute approximate surface area is 114 Å². The third-order valence-corrected chi connectivity index (χ3v) is 4.04. The number of benzene rings is 1. The molecule has 1 N–H and O–H groups in total. The predicted molar refractivity (Wildman–Crippen MR) is 71.5 cm³/mol. The third-order valence-electron chi connectivity index (χ3n) is 2.85. The highest BCUT2D eigenvalue weighted by Gasteiger charge is 2.22. The predicted octanol–water partition coefficient (Wildman–Crippen LogP) is 2.46. The van der Waals surface area contributed by atoms with Gasteiger partial charge in [0.15, 0.2) is 0 Å². The van der Waals surface area contributed by atoms with E-state index in [0.717, 1.165) is 21.8 Å². The highest BCUT2D eigenvalue weighted by molar-refractivity contribution is 7.17. The molecule has 4 nitrogen and oxygen atoms in total. The Morgan fingerprint density at radius 3 is 3.11 bits per heavy atom. The monoisotopic (exact) mass is 276 g/mol. The van der Waals surface area contributed by atoms with Crippen LogP contribution in [0.1, 0.15) is 15.2 Å². The normalized spacial score (nSPS) is 12.3. The van der Waals surface area contributed by atoms with Gasteiger partial charge in [0.05, 0.1) is 6.61 Å². The van der Waals surface area contributed by atoms with Crippen LogP contribution < -0.4 is 4.74 Å². The highest BCUT2D eigenvalue weighted by atomic mass is 32.1. The van der Waals surface area contributed by atoms with E-state index in [2.05, 4.69) is 0 Å². The Bertz CT molecular complexity index is 618. The van der Waals surface area contributed by atoms with Crippen molar-refractivity contribution in [3.63, 3.8) is 0 Å². The summed E-state index contributed by atoms with van der Waals surface area (Å²) < 4.78 is 10.6. The number of aliphatic hydroxyl groups excluding tert-OH is 1. The zero-order valence-corrected chi connectivity index (χ0v) is 10.9. The first-order valence-corrected chi connectivity index (χ1v) is 6.74. The van der Waals surface area contributed by atoms with Crippen LogP contribution in [0.5, 0.6) is 5.75 Å². The van der Waals surface area contributed by atoms with Gasteiger partial charge in [-0.05, 0) is 18.2 Å². The van der Waals surface area contributed by atoms with E-state index in [9.17, 15) is 4.79 Å². The van der Waals surface area contributed by atoms with Crippen LogP contribution in [0.25, 0.3) is 10.4 Å². The first-order chi connectivity index (χ1) is 9.29. The molecule has 2 heterocycles. The Morgan fingerprint density at radius 1 is 1.42 bits per heavy atom. The summed E-state index contributed by atoms with van der Waals surface area (Å²) >= 11 is 1.40. The van der Waals surface area contributed by atoms with Crippen molar-refractivity contribution in [2.24, 2.45) is 0 Å². The maximum absolute atomic E-state index is 11.8. The number of fused-ring (bicyclic) bond motifs is 3. The minimum absolute atomic E-state index is 0.0223. The minimum Gasteiger partial charge on any atom is -0.488 e. The van der Waals surface area contributed by atoms with Crippen LogP contribution in [0, 0.1) is 0 Å². The molecule has 0 atom stereocenters. The molecule has 0 fully saturated rings. The van der Waals surface area contributed by atoms with Crippen molar-refractivity contribution in [2.45, 2.75) is 6.61 Å². The maximum atomic E-state index is 11.8. The van der Waals surface area contributed by atoms with Crippen LogP contribution >= 0.6 is 11.3 Å². The number of ether oxygens (including phenoxy) is 2. The van der Waals surface area contributed by atoms with Gasteiger partial charge in [-0.2, -0.15) is 0 Å². The van der Waals surface area contributed by atoms with Gasteiger partial charge in [-0.3, -0.25) is 0 Å². The molecule has 98 valence electrons.